The number of hydrogen-bond acceptors (Lipinski definition) is 2. The number of aliphatic hydroxyl groups is 1. The molecule has 0 heterocycles. The summed E-state index contributed by atoms with van der Waals surface area (Å²) >= 11 is 15.1. The maximum atomic E-state index is 8.27. The summed E-state index contributed by atoms with van der Waals surface area (Å²) in [6, 6.07) is 0. The summed E-state index contributed by atoms with van der Waals surface area (Å²) in [5, 5.41) is 8.27. The Labute approximate surface area is 56.1 Å². The summed E-state index contributed by atoms with van der Waals surface area (Å²) in [7, 11) is 0. The maximum Gasteiger partial charge on any atom is 0.228 e. The van der Waals surface area contributed by atoms with Gasteiger partial charge in [-0.25, -0.2) is 0 Å². The summed E-state index contributed by atoms with van der Waals surface area (Å²) < 4.78 is -1.75. The van der Waals surface area contributed by atoms with Crippen molar-refractivity contribution < 1.29 is 5.11 Å². The molecule has 0 aromatic rings. The second kappa shape index (κ2) is 2.37. The number of nitrogens with two attached hydrogens (primary N) is 1. The molecule has 0 rings (SSSR count). The van der Waals surface area contributed by atoms with Gasteiger partial charge in [0.05, 0.1) is 0 Å². The van der Waals surface area contributed by atoms with E-state index in [1.54, 1.807) is 0 Å². The normalized spacial score (nSPS) is 16.7. The van der Waals surface area contributed by atoms with Crippen LogP contribution in [0, 0.1) is 0 Å². The lowest BCUT2D eigenvalue weighted by molar-refractivity contribution is 0.187. The van der Waals surface area contributed by atoms with E-state index in [-0.39, 0.29) is 0 Å². The molecule has 0 bridgehead atoms. The molecule has 5 heteroatoms. The average Bonchev–Trinajstić information content (AvgIpc) is 1.31. The van der Waals surface area contributed by atoms with Gasteiger partial charge in [-0.15, -0.1) is 0 Å². The lowest BCUT2D eigenvalue weighted by Gasteiger charge is -2.12. The molecule has 0 aliphatic rings. The minimum absolute atomic E-state index is 1.41. The fourth-order valence-corrected chi connectivity index (χ4v) is 0. The third kappa shape index (κ3) is 3.38. The molecule has 0 aromatic heterocycles. The smallest absolute Gasteiger partial charge is 0.228 e. The van der Waals surface area contributed by atoms with Crippen LogP contribution >= 0.6 is 34.8 Å². The second-order valence-corrected chi connectivity index (χ2v) is 3.36. The number of halogens is 3. The minimum atomic E-state index is -1.75. The van der Waals surface area contributed by atoms with E-state index in [1.165, 1.54) is 0 Å². The first-order valence-corrected chi connectivity index (χ1v) is 2.58. The fraction of sp³-hybridized carbons (Fsp3) is 1.00. The Hall–Kier alpha value is 0.790. The molecular formula is C2H4Cl3NO. The third-order valence-corrected chi connectivity index (χ3v) is 1.01. The Morgan fingerprint density at radius 3 is 1.57 bits per heavy atom. The van der Waals surface area contributed by atoms with E-state index in [0.717, 1.165) is 0 Å². The van der Waals surface area contributed by atoms with Crippen LogP contribution in [-0.2, 0) is 0 Å². The van der Waals surface area contributed by atoms with Crippen molar-refractivity contribution in [3.8, 4) is 0 Å². The number of hydrogen-bond donors (Lipinski definition) is 2. The molecular weight excluding hydrogens is 160 g/mol. The lowest BCUT2D eigenvalue weighted by atomic mass is 10.7. The molecule has 0 amide bonds. The predicted octanol–water partition coefficient (Wildman–Crippen LogP) is 0.634. The van der Waals surface area contributed by atoms with Gasteiger partial charge in [0.25, 0.3) is 0 Å². The number of rotatable bonds is 0. The van der Waals surface area contributed by atoms with Gasteiger partial charge in [0.15, 0.2) is 0 Å². The third-order valence-electron chi connectivity index (χ3n) is 0.335. The Bertz CT molecular complexity index is 58.4. The van der Waals surface area contributed by atoms with Crippen molar-refractivity contribution in [3.63, 3.8) is 0 Å². The van der Waals surface area contributed by atoms with Gasteiger partial charge in [-0.05, 0) is 0 Å². The SMILES string of the molecule is NC(O)C(Cl)(Cl)Cl. The van der Waals surface area contributed by atoms with Crippen LogP contribution in [0.3, 0.4) is 0 Å². The van der Waals surface area contributed by atoms with E-state index in [1.807, 2.05) is 0 Å². The molecule has 0 fully saturated rings. The maximum absolute atomic E-state index is 8.27. The molecule has 0 aliphatic heterocycles. The molecule has 2 nitrogen and oxygen atoms in total. The molecule has 44 valence electrons. The minimum Gasteiger partial charge on any atom is -0.374 e. The first-order valence-electron chi connectivity index (χ1n) is 1.45. The standard InChI is InChI=1S/C2H4Cl3NO/c3-2(4,5)1(6)7/h1,7H,6H2. The van der Waals surface area contributed by atoms with Crippen molar-refractivity contribution in [3.05, 3.63) is 0 Å². The topological polar surface area (TPSA) is 46.2 Å². The van der Waals surface area contributed by atoms with Gasteiger partial charge in [-0.1, -0.05) is 34.8 Å². The van der Waals surface area contributed by atoms with Crippen LogP contribution in [0.4, 0.5) is 0 Å². The van der Waals surface area contributed by atoms with Crippen LogP contribution < -0.4 is 5.73 Å². The van der Waals surface area contributed by atoms with E-state index in [0.29, 0.717) is 0 Å². The number of aliphatic hydroxyl groups excluding tert-OH is 1. The highest BCUT2D eigenvalue weighted by molar-refractivity contribution is 6.67. The predicted molar refractivity (Wildman–Crippen MR) is 30.5 cm³/mol. The van der Waals surface area contributed by atoms with Crippen LogP contribution in [0.1, 0.15) is 0 Å². The molecule has 0 aromatic carbocycles. The van der Waals surface area contributed by atoms with E-state index in [9.17, 15) is 0 Å². The van der Waals surface area contributed by atoms with E-state index in [4.69, 9.17) is 45.6 Å². The van der Waals surface area contributed by atoms with Gasteiger partial charge in [0, 0.05) is 0 Å². The summed E-state index contributed by atoms with van der Waals surface area (Å²) in [6.45, 7) is 0. The van der Waals surface area contributed by atoms with Crippen molar-refractivity contribution in [2.75, 3.05) is 0 Å². The quantitative estimate of drug-likeness (QED) is 0.408. The fourth-order valence-electron chi connectivity index (χ4n) is 0. The van der Waals surface area contributed by atoms with Crippen LogP contribution in [0.5, 0.6) is 0 Å². The van der Waals surface area contributed by atoms with E-state index >= 15 is 0 Å². The zero-order chi connectivity index (χ0) is 6.08. The summed E-state index contributed by atoms with van der Waals surface area (Å²) in [5.74, 6) is 0. The van der Waals surface area contributed by atoms with Crippen LogP contribution in [0.25, 0.3) is 0 Å². The van der Waals surface area contributed by atoms with Crippen molar-refractivity contribution in [1.82, 2.24) is 0 Å². The van der Waals surface area contributed by atoms with Crippen molar-refractivity contribution >= 4 is 34.8 Å². The van der Waals surface area contributed by atoms with Gasteiger partial charge in [0.1, 0.15) is 6.23 Å². The molecule has 0 spiro atoms. The van der Waals surface area contributed by atoms with Gasteiger partial charge >= 0.3 is 0 Å². The largest absolute Gasteiger partial charge is 0.374 e. The lowest BCUT2D eigenvalue weighted by Crippen LogP contribution is -2.33. The Balaban J connectivity index is 3.54. The van der Waals surface area contributed by atoms with Crippen molar-refractivity contribution in [2.24, 2.45) is 5.73 Å². The summed E-state index contributed by atoms with van der Waals surface area (Å²) in [4.78, 5) is 0. The average molecular weight is 164 g/mol. The van der Waals surface area contributed by atoms with Gasteiger partial charge in [-0.2, -0.15) is 0 Å². The highest BCUT2D eigenvalue weighted by Crippen LogP contribution is 2.27. The van der Waals surface area contributed by atoms with Crippen molar-refractivity contribution in [1.29, 1.82) is 0 Å². The van der Waals surface area contributed by atoms with E-state index < -0.39 is 10.0 Å². The zero-order valence-corrected chi connectivity index (χ0v) is 5.50. The van der Waals surface area contributed by atoms with Crippen LogP contribution in [0.2, 0.25) is 0 Å². The van der Waals surface area contributed by atoms with Gasteiger partial charge in [0.2, 0.25) is 3.79 Å². The molecule has 0 saturated carbocycles. The van der Waals surface area contributed by atoms with Gasteiger partial charge in [-0.3, -0.25) is 0 Å². The molecule has 1 atom stereocenters. The molecule has 0 saturated heterocycles. The first-order chi connectivity index (χ1) is 2.94. The first kappa shape index (κ1) is 7.79. The highest BCUT2D eigenvalue weighted by atomic mass is 35.6. The molecule has 3 N–H and O–H groups in total. The molecule has 0 aliphatic carbocycles. The monoisotopic (exact) mass is 163 g/mol. The molecule has 1 unspecified atom stereocenters. The van der Waals surface area contributed by atoms with Crippen molar-refractivity contribution in [2.45, 2.75) is 10.0 Å². The van der Waals surface area contributed by atoms with Crippen LogP contribution in [-0.4, -0.2) is 15.1 Å². The number of alkyl halides is 3. The second-order valence-electron chi connectivity index (χ2n) is 0.986. The highest BCUT2D eigenvalue weighted by Gasteiger charge is 2.26. The summed E-state index contributed by atoms with van der Waals surface area (Å²) in [5.41, 5.74) is 4.73. The van der Waals surface area contributed by atoms with E-state index in [2.05, 4.69) is 0 Å². The Morgan fingerprint density at radius 1 is 1.43 bits per heavy atom. The zero-order valence-electron chi connectivity index (χ0n) is 3.24. The molecule has 7 heavy (non-hydrogen) atoms. The summed E-state index contributed by atoms with van der Waals surface area (Å²) in [6.07, 6.45) is -1.41. The Kier molecular flexibility index (Phi) is 2.64. The van der Waals surface area contributed by atoms with Gasteiger partial charge < -0.3 is 10.8 Å². The molecule has 0 radical (unpaired) electrons. The Morgan fingerprint density at radius 2 is 1.57 bits per heavy atom. The van der Waals surface area contributed by atoms with Crippen LogP contribution in [0.15, 0.2) is 0 Å².